The van der Waals surface area contributed by atoms with Crippen molar-refractivity contribution in [1.82, 2.24) is 10.2 Å². The molecule has 0 radical (unpaired) electrons. The molecule has 0 bridgehead atoms. The molecule has 3 aromatic rings. The number of sulfonamides is 1. The van der Waals surface area contributed by atoms with E-state index in [0.29, 0.717) is 21.4 Å². The Balaban J connectivity index is 1.79. The molecule has 1 aliphatic carbocycles. The van der Waals surface area contributed by atoms with Gasteiger partial charge in [-0.1, -0.05) is 66.7 Å². The highest BCUT2D eigenvalue weighted by Gasteiger charge is 2.35. The molecule has 0 saturated heterocycles. The van der Waals surface area contributed by atoms with E-state index in [9.17, 15) is 18.0 Å². The van der Waals surface area contributed by atoms with Crippen LogP contribution in [0.3, 0.4) is 0 Å². The van der Waals surface area contributed by atoms with Crippen molar-refractivity contribution in [2.24, 2.45) is 0 Å². The van der Waals surface area contributed by atoms with Gasteiger partial charge in [0.1, 0.15) is 12.6 Å². The Kier molecular flexibility index (Phi) is 11.6. The lowest BCUT2D eigenvalue weighted by atomic mass is 10.1. The van der Waals surface area contributed by atoms with Crippen LogP contribution >= 0.6 is 23.2 Å². The maximum Gasteiger partial charge on any atom is 0.264 e. The highest BCUT2D eigenvalue weighted by atomic mass is 35.5. The van der Waals surface area contributed by atoms with Crippen molar-refractivity contribution in [3.63, 3.8) is 0 Å². The summed E-state index contributed by atoms with van der Waals surface area (Å²) in [5, 5.41) is 3.75. The normalized spacial score (nSPS) is 14.1. The number of ether oxygens (including phenoxy) is 2. The summed E-state index contributed by atoms with van der Waals surface area (Å²) >= 11 is 13.0. The second-order valence-corrected chi connectivity index (χ2v) is 13.7. The largest absolute Gasteiger partial charge is 0.493 e. The van der Waals surface area contributed by atoms with Crippen LogP contribution in [0.4, 0.5) is 5.69 Å². The summed E-state index contributed by atoms with van der Waals surface area (Å²) in [6, 6.07) is 15.1. The fourth-order valence-electron chi connectivity index (χ4n) is 5.49. The maximum atomic E-state index is 14.4. The second kappa shape index (κ2) is 15.2. The average molecular weight is 677 g/mol. The van der Waals surface area contributed by atoms with Gasteiger partial charge >= 0.3 is 0 Å². The van der Waals surface area contributed by atoms with Crippen molar-refractivity contribution in [3.8, 4) is 11.5 Å². The SMILES string of the molecule is CC[C@@H](C(=O)NC1CCCC1)N(Cc1c(Cl)cccc1Cl)C(=O)CN(c1ccc(OC)c(OC)c1)S(=O)(=O)c1ccc(C)cc1. The zero-order valence-electron chi connectivity index (χ0n) is 25.9. The Morgan fingerprint density at radius 2 is 1.58 bits per heavy atom. The number of aryl methyl sites for hydroxylation is 1. The molecular formula is C33H39Cl2N3O6S. The second-order valence-electron chi connectivity index (χ2n) is 11.0. The van der Waals surface area contributed by atoms with Crippen LogP contribution in [-0.2, 0) is 26.2 Å². The number of methoxy groups -OCH3 is 2. The van der Waals surface area contributed by atoms with Crippen LogP contribution in [0, 0.1) is 6.92 Å². The van der Waals surface area contributed by atoms with E-state index in [1.807, 2.05) is 13.8 Å². The van der Waals surface area contributed by atoms with Crippen LogP contribution in [0.2, 0.25) is 10.0 Å². The maximum absolute atomic E-state index is 14.4. The lowest BCUT2D eigenvalue weighted by molar-refractivity contribution is -0.140. The van der Waals surface area contributed by atoms with E-state index in [4.69, 9.17) is 32.7 Å². The number of benzene rings is 3. The predicted octanol–water partition coefficient (Wildman–Crippen LogP) is 6.38. The lowest BCUT2D eigenvalue weighted by Crippen LogP contribution is -2.53. The van der Waals surface area contributed by atoms with Gasteiger partial charge in [-0.2, -0.15) is 0 Å². The third-order valence-corrected chi connectivity index (χ3v) is 10.5. The van der Waals surface area contributed by atoms with Gasteiger partial charge in [0.15, 0.2) is 11.5 Å². The minimum atomic E-state index is -4.27. The fourth-order valence-corrected chi connectivity index (χ4v) is 7.41. The molecule has 3 aromatic carbocycles. The predicted molar refractivity (Wildman–Crippen MR) is 177 cm³/mol. The van der Waals surface area contributed by atoms with E-state index in [0.717, 1.165) is 35.6 Å². The van der Waals surface area contributed by atoms with Crippen LogP contribution < -0.4 is 19.1 Å². The molecule has 1 saturated carbocycles. The molecule has 0 aliphatic heterocycles. The van der Waals surface area contributed by atoms with Crippen molar-refractivity contribution in [1.29, 1.82) is 0 Å². The number of carbonyl (C=O) groups excluding carboxylic acids is 2. The summed E-state index contributed by atoms with van der Waals surface area (Å²) in [5.41, 5.74) is 1.52. The van der Waals surface area contributed by atoms with Gasteiger partial charge in [0.25, 0.3) is 10.0 Å². The molecular weight excluding hydrogens is 637 g/mol. The van der Waals surface area contributed by atoms with Crippen molar-refractivity contribution < 1.29 is 27.5 Å². The molecule has 45 heavy (non-hydrogen) atoms. The number of carbonyl (C=O) groups is 2. The number of nitrogens with zero attached hydrogens (tertiary/aromatic N) is 2. The van der Waals surface area contributed by atoms with Gasteiger partial charge in [0.2, 0.25) is 11.8 Å². The van der Waals surface area contributed by atoms with Gasteiger partial charge < -0.3 is 19.7 Å². The van der Waals surface area contributed by atoms with Crippen LogP contribution in [0.25, 0.3) is 0 Å². The molecule has 2 amide bonds. The van der Waals surface area contributed by atoms with Gasteiger partial charge in [-0.15, -0.1) is 0 Å². The number of anilines is 1. The zero-order valence-corrected chi connectivity index (χ0v) is 28.2. The number of hydrogen-bond acceptors (Lipinski definition) is 6. The zero-order chi connectivity index (χ0) is 32.7. The van der Waals surface area contributed by atoms with Gasteiger partial charge in [-0.05, 0) is 62.6 Å². The van der Waals surface area contributed by atoms with Crippen LogP contribution in [-0.4, -0.2) is 58.0 Å². The smallest absolute Gasteiger partial charge is 0.264 e. The molecule has 0 aromatic heterocycles. The highest BCUT2D eigenvalue weighted by Crippen LogP contribution is 2.34. The lowest BCUT2D eigenvalue weighted by Gasteiger charge is -2.34. The fraction of sp³-hybridized carbons (Fsp3) is 0.394. The summed E-state index contributed by atoms with van der Waals surface area (Å²) in [7, 11) is -1.35. The van der Waals surface area contributed by atoms with E-state index < -0.39 is 28.5 Å². The molecule has 4 rings (SSSR count). The topological polar surface area (TPSA) is 105 Å². The van der Waals surface area contributed by atoms with E-state index in [2.05, 4.69) is 5.32 Å². The Hall–Kier alpha value is -3.47. The summed E-state index contributed by atoms with van der Waals surface area (Å²) in [6.07, 6.45) is 4.07. The Morgan fingerprint density at radius 3 is 2.16 bits per heavy atom. The monoisotopic (exact) mass is 675 g/mol. The number of hydrogen-bond donors (Lipinski definition) is 1. The van der Waals surface area contributed by atoms with Crippen LogP contribution in [0.1, 0.15) is 50.2 Å². The summed E-state index contributed by atoms with van der Waals surface area (Å²) < 4.78 is 40.2. The molecule has 9 nitrogen and oxygen atoms in total. The third kappa shape index (κ3) is 8.04. The molecule has 0 heterocycles. The highest BCUT2D eigenvalue weighted by molar-refractivity contribution is 7.92. The molecule has 1 N–H and O–H groups in total. The number of halogens is 2. The molecule has 12 heteroatoms. The standard InChI is InChI=1S/C33H39Cl2N3O6S/c1-5-29(33(40)36-23-9-6-7-10-23)37(20-26-27(34)11-8-12-28(26)35)32(39)21-38(24-15-18-30(43-3)31(19-24)44-4)45(41,42)25-16-13-22(2)14-17-25/h8,11-19,23,29H,5-7,9-10,20-21H2,1-4H3,(H,36,40)/t29-/m0/s1. The minimum absolute atomic E-state index is 0.00222. The van der Waals surface area contributed by atoms with Gasteiger partial charge in [-0.25, -0.2) is 8.42 Å². The van der Waals surface area contributed by atoms with Crippen molar-refractivity contribution >= 4 is 50.7 Å². The quantitative estimate of drug-likeness (QED) is 0.225. The van der Waals surface area contributed by atoms with Crippen LogP contribution in [0.5, 0.6) is 11.5 Å². The first-order valence-electron chi connectivity index (χ1n) is 14.8. The minimum Gasteiger partial charge on any atom is -0.493 e. The van der Waals surface area contributed by atoms with E-state index in [1.165, 1.54) is 37.3 Å². The Bertz CT molecular complexity index is 1590. The molecule has 0 spiro atoms. The van der Waals surface area contributed by atoms with E-state index in [1.54, 1.807) is 42.5 Å². The Labute approximate surface area is 275 Å². The van der Waals surface area contributed by atoms with Crippen LogP contribution in [0.15, 0.2) is 65.6 Å². The first kappa shape index (κ1) is 34.4. The number of amides is 2. The molecule has 1 aliphatic rings. The Morgan fingerprint density at radius 1 is 0.956 bits per heavy atom. The van der Waals surface area contributed by atoms with Gasteiger partial charge in [0, 0.05) is 34.3 Å². The van der Waals surface area contributed by atoms with E-state index >= 15 is 0 Å². The van der Waals surface area contributed by atoms with Crippen molar-refractivity contribution in [3.05, 3.63) is 81.8 Å². The third-order valence-electron chi connectivity index (χ3n) is 8.02. The van der Waals surface area contributed by atoms with Gasteiger partial charge in [-0.3, -0.25) is 13.9 Å². The van der Waals surface area contributed by atoms with Crippen molar-refractivity contribution in [2.45, 2.75) is 69.5 Å². The summed E-state index contributed by atoms with van der Waals surface area (Å²) in [4.78, 5) is 29.4. The molecule has 242 valence electrons. The average Bonchev–Trinajstić information content (AvgIpc) is 3.53. The van der Waals surface area contributed by atoms with Gasteiger partial charge in [0.05, 0.1) is 24.8 Å². The molecule has 1 atom stereocenters. The first-order valence-corrected chi connectivity index (χ1v) is 17.0. The summed E-state index contributed by atoms with van der Waals surface area (Å²) in [5.74, 6) is -0.233. The van der Waals surface area contributed by atoms with Crippen molar-refractivity contribution in [2.75, 3.05) is 25.1 Å². The summed E-state index contributed by atoms with van der Waals surface area (Å²) in [6.45, 7) is 2.95. The molecule has 1 fully saturated rings. The molecule has 0 unspecified atom stereocenters. The first-order chi connectivity index (χ1) is 21.5. The van der Waals surface area contributed by atoms with E-state index in [-0.39, 0.29) is 41.2 Å². The number of nitrogens with one attached hydrogen (secondary N) is 1. The number of rotatable bonds is 13.